The standard InChI is InChI=1S/C18H20ClN/c1-13(14-6-3-2-4-7-14)20-18-11-16(12-18)15-8-5-9-17(19)10-15/h2-10,13,16,18,20H,11-12H2,1H3. The van der Waals surface area contributed by atoms with E-state index < -0.39 is 0 Å². The van der Waals surface area contributed by atoms with Crippen LogP contribution in [0.25, 0.3) is 0 Å². The fraction of sp³-hybridized carbons (Fsp3) is 0.333. The lowest BCUT2D eigenvalue weighted by Gasteiger charge is -2.38. The summed E-state index contributed by atoms with van der Waals surface area (Å²) in [5, 5.41) is 4.56. The number of benzene rings is 2. The van der Waals surface area contributed by atoms with Gasteiger partial charge in [-0.3, -0.25) is 0 Å². The molecule has 2 aromatic rings. The Morgan fingerprint density at radius 2 is 1.80 bits per heavy atom. The third-order valence-electron chi connectivity index (χ3n) is 4.24. The molecule has 0 aliphatic heterocycles. The lowest BCUT2D eigenvalue weighted by molar-refractivity contribution is 0.271. The monoisotopic (exact) mass is 285 g/mol. The molecule has 2 aromatic carbocycles. The molecule has 0 heterocycles. The van der Waals surface area contributed by atoms with E-state index in [1.807, 2.05) is 12.1 Å². The van der Waals surface area contributed by atoms with Gasteiger partial charge in [-0.2, -0.15) is 0 Å². The van der Waals surface area contributed by atoms with Crippen molar-refractivity contribution in [3.63, 3.8) is 0 Å². The summed E-state index contributed by atoms with van der Waals surface area (Å²) >= 11 is 6.06. The summed E-state index contributed by atoms with van der Waals surface area (Å²) in [5.74, 6) is 0.661. The molecular formula is C18H20ClN. The van der Waals surface area contributed by atoms with Crippen LogP contribution < -0.4 is 5.32 Å². The molecule has 1 aliphatic carbocycles. The lowest BCUT2D eigenvalue weighted by Crippen LogP contribution is -2.41. The van der Waals surface area contributed by atoms with E-state index in [4.69, 9.17) is 11.6 Å². The number of rotatable bonds is 4. The topological polar surface area (TPSA) is 12.0 Å². The second-order valence-corrected chi connectivity index (χ2v) is 6.16. The smallest absolute Gasteiger partial charge is 0.0408 e. The van der Waals surface area contributed by atoms with Crippen molar-refractivity contribution >= 4 is 11.6 Å². The Morgan fingerprint density at radius 3 is 2.50 bits per heavy atom. The molecule has 1 atom stereocenters. The van der Waals surface area contributed by atoms with Crippen LogP contribution in [0.4, 0.5) is 0 Å². The van der Waals surface area contributed by atoms with Crippen molar-refractivity contribution < 1.29 is 0 Å². The summed E-state index contributed by atoms with van der Waals surface area (Å²) in [6.07, 6.45) is 2.41. The van der Waals surface area contributed by atoms with Crippen molar-refractivity contribution in [2.75, 3.05) is 0 Å². The molecule has 1 unspecified atom stereocenters. The first-order valence-electron chi connectivity index (χ1n) is 7.29. The minimum atomic E-state index is 0.418. The van der Waals surface area contributed by atoms with E-state index in [1.165, 1.54) is 24.0 Å². The maximum Gasteiger partial charge on any atom is 0.0408 e. The zero-order valence-corrected chi connectivity index (χ0v) is 12.5. The number of hydrogen-bond donors (Lipinski definition) is 1. The van der Waals surface area contributed by atoms with E-state index in [9.17, 15) is 0 Å². The van der Waals surface area contributed by atoms with Gasteiger partial charge in [0.25, 0.3) is 0 Å². The van der Waals surface area contributed by atoms with E-state index in [0.29, 0.717) is 18.0 Å². The number of nitrogens with one attached hydrogen (secondary N) is 1. The second kappa shape index (κ2) is 5.99. The van der Waals surface area contributed by atoms with Crippen molar-refractivity contribution in [3.05, 3.63) is 70.7 Å². The third-order valence-corrected chi connectivity index (χ3v) is 4.48. The molecule has 20 heavy (non-hydrogen) atoms. The summed E-state index contributed by atoms with van der Waals surface area (Å²) in [5.41, 5.74) is 2.74. The Bertz CT molecular complexity index is 561. The molecule has 2 heteroatoms. The van der Waals surface area contributed by atoms with Gasteiger partial charge < -0.3 is 5.32 Å². The van der Waals surface area contributed by atoms with Crippen molar-refractivity contribution in [2.45, 2.75) is 37.8 Å². The SMILES string of the molecule is CC(NC1CC(c2cccc(Cl)c2)C1)c1ccccc1. The highest BCUT2D eigenvalue weighted by molar-refractivity contribution is 6.30. The summed E-state index contributed by atoms with van der Waals surface area (Å²) in [6, 6.07) is 19.9. The van der Waals surface area contributed by atoms with Gasteiger partial charge in [0, 0.05) is 17.1 Å². The van der Waals surface area contributed by atoms with Gasteiger partial charge in [0.15, 0.2) is 0 Å². The Morgan fingerprint density at radius 1 is 1.05 bits per heavy atom. The van der Waals surface area contributed by atoms with Crippen LogP contribution in [0, 0.1) is 0 Å². The number of hydrogen-bond acceptors (Lipinski definition) is 1. The molecule has 0 aromatic heterocycles. The third kappa shape index (κ3) is 3.05. The van der Waals surface area contributed by atoms with E-state index in [2.05, 4.69) is 54.7 Å². The Hall–Kier alpha value is -1.31. The Labute approximate surface area is 126 Å². The quantitative estimate of drug-likeness (QED) is 0.839. The summed E-state index contributed by atoms with van der Waals surface area (Å²) in [4.78, 5) is 0. The van der Waals surface area contributed by atoms with Gasteiger partial charge in [-0.05, 0) is 48.9 Å². The molecule has 0 saturated heterocycles. The molecule has 1 N–H and O–H groups in total. The van der Waals surface area contributed by atoms with Gasteiger partial charge in [-0.15, -0.1) is 0 Å². The molecule has 1 saturated carbocycles. The van der Waals surface area contributed by atoms with E-state index >= 15 is 0 Å². The molecule has 0 bridgehead atoms. The predicted molar refractivity (Wildman–Crippen MR) is 85.2 cm³/mol. The largest absolute Gasteiger partial charge is 0.307 e. The van der Waals surface area contributed by atoms with Gasteiger partial charge in [0.2, 0.25) is 0 Å². The van der Waals surface area contributed by atoms with Crippen molar-refractivity contribution in [1.29, 1.82) is 0 Å². The average molecular weight is 286 g/mol. The van der Waals surface area contributed by atoms with Crippen LogP contribution in [-0.4, -0.2) is 6.04 Å². The van der Waals surface area contributed by atoms with E-state index in [0.717, 1.165) is 5.02 Å². The maximum atomic E-state index is 6.06. The molecule has 3 rings (SSSR count). The van der Waals surface area contributed by atoms with Crippen LogP contribution in [0.5, 0.6) is 0 Å². The fourth-order valence-electron chi connectivity index (χ4n) is 2.98. The predicted octanol–water partition coefficient (Wildman–Crippen LogP) is 4.94. The maximum absolute atomic E-state index is 6.06. The Balaban J connectivity index is 1.54. The minimum Gasteiger partial charge on any atom is -0.307 e. The number of halogens is 1. The van der Waals surface area contributed by atoms with Gasteiger partial charge in [-0.1, -0.05) is 54.1 Å². The molecule has 0 amide bonds. The van der Waals surface area contributed by atoms with E-state index in [1.54, 1.807) is 0 Å². The van der Waals surface area contributed by atoms with Crippen molar-refractivity contribution in [2.24, 2.45) is 0 Å². The fourth-order valence-corrected chi connectivity index (χ4v) is 3.18. The highest BCUT2D eigenvalue weighted by Crippen LogP contribution is 2.38. The molecule has 0 spiro atoms. The highest BCUT2D eigenvalue weighted by atomic mass is 35.5. The zero-order valence-electron chi connectivity index (χ0n) is 11.7. The van der Waals surface area contributed by atoms with Crippen LogP contribution in [0.2, 0.25) is 5.02 Å². The van der Waals surface area contributed by atoms with Crippen molar-refractivity contribution in [3.8, 4) is 0 Å². The van der Waals surface area contributed by atoms with Crippen LogP contribution >= 0.6 is 11.6 Å². The molecule has 1 nitrogen and oxygen atoms in total. The van der Waals surface area contributed by atoms with Gasteiger partial charge in [0.05, 0.1) is 0 Å². The summed E-state index contributed by atoms with van der Waals surface area (Å²) < 4.78 is 0. The van der Waals surface area contributed by atoms with Gasteiger partial charge >= 0.3 is 0 Å². The minimum absolute atomic E-state index is 0.418. The van der Waals surface area contributed by atoms with Crippen LogP contribution in [-0.2, 0) is 0 Å². The summed E-state index contributed by atoms with van der Waals surface area (Å²) in [6.45, 7) is 2.24. The van der Waals surface area contributed by atoms with Crippen LogP contribution in [0.3, 0.4) is 0 Å². The first kappa shape index (κ1) is 13.7. The molecular weight excluding hydrogens is 266 g/mol. The van der Waals surface area contributed by atoms with Gasteiger partial charge in [0.1, 0.15) is 0 Å². The molecule has 1 aliphatic rings. The van der Waals surface area contributed by atoms with Crippen molar-refractivity contribution in [1.82, 2.24) is 5.32 Å². The van der Waals surface area contributed by atoms with Crippen LogP contribution in [0.1, 0.15) is 42.9 Å². The molecule has 104 valence electrons. The summed E-state index contributed by atoms with van der Waals surface area (Å²) in [7, 11) is 0. The first-order valence-corrected chi connectivity index (χ1v) is 7.66. The lowest BCUT2D eigenvalue weighted by atomic mass is 9.75. The first-order chi connectivity index (χ1) is 9.72. The highest BCUT2D eigenvalue weighted by Gasteiger charge is 2.31. The molecule has 1 fully saturated rings. The Kier molecular flexibility index (Phi) is 4.09. The van der Waals surface area contributed by atoms with Crippen LogP contribution in [0.15, 0.2) is 54.6 Å². The molecule has 0 radical (unpaired) electrons. The van der Waals surface area contributed by atoms with Gasteiger partial charge in [-0.25, -0.2) is 0 Å². The zero-order chi connectivity index (χ0) is 13.9. The second-order valence-electron chi connectivity index (χ2n) is 5.72. The normalized spacial score (nSPS) is 23.1. The van der Waals surface area contributed by atoms with E-state index in [-0.39, 0.29) is 0 Å². The average Bonchev–Trinajstić information content (AvgIpc) is 2.43.